The van der Waals surface area contributed by atoms with Crippen molar-refractivity contribution < 1.29 is 14.0 Å². The highest BCUT2D eigenvalue weighted by Crippen LogP contribution is 1.87. The molecule has 0 rings (SSSR count). The summed E-state index contributed by atoms with van der Waals surface area (Å²) in [6.45, 7) is 1.16. The Morgan fingerprint density at radius 3 is 2.00 bits per heavy atom. The van der Waals surface area contributed by atoms with Gasteiger partial charge >= 0.3 is 8.80 Å². The monoisotopic (exact) mass is 107 g/mol. The van der Waals surface area contributed by atoms with Crippen molar-refractivity contribution in [3.05, 3.63) is 0 Å². The van der Waals surface area contributed by atoms with Crippen LogP contribution in [0.25, 0.3) is 0 Å². The van der Waals surface area contributed by atoms with Gasteiger partial charge in [-0.1, -0.05) is 0 Å². The Labute approximate surface area is 37.6 Å². The van der Waals surface area contributed by atoms with Gasteiger partial charge in [-0.05, 0) is 0 Å². The maximum absolute atomic E-state index is 9.94. The fourth-order valence-corrected chi connectivity index (χ4v) is 0. The highest BCUT2D eigenvalue weighted by molar-refractivity contribution is 6.55. The Bertz CT molecular complexity index is 38.5. The van der Waals surface area contributed by atoms with Gasteiger partial charge < -0.3 is 9.22 Å². The number of rotatable bonds is 1. The van der Waals surface area contributed by atoms with Crippen LogP contribution in [0.5, 0.6) is 0 Å². The molecule has 6 heavy (non-hydrogen) atoms. The Morgan fingerprint density at radius 1 is 1.83 bits per heavy atom. The molecule has 0 saturated carbocycles. The first kappa shape index (κ1) is 6.10. The van der Waals surface area contributed by atoms with Crippen molar-refractivity contribution in [1.29, 1.82) is 0 Å². The Morgan fingerprint density at radius 2 is 2.00 bits per heavy atom. The molecule has 0 saturated heterocycles. The van der Waals surface area contributed by atoms with Gasteiger partial charge in [0.05, 0.1) is 0 Å². The van der Waals surface area contributed by atoms with E-state index in [1.54, 1.807) is 0 Å². The molecule has 1 atom stereocenters. The Kier molecular flexibility index (Phi) is 1.73. The molecule has 37 valence electrons. The van der Waals surface area contributed by atoms with Gasteiger partial charge in [0.15, 0.2) is 0 Å². The SMILES string of the molecule is CO[Si](C)([O])O. The Hall–Kier alpha value is 0.0969. The molecule has 0 fully saturated rings. The van der Waals surface area contributed by atoms with Gasteiger partial charge in [-0.25, -0.2) is 4.80 Å². The van der Waals surface area contributed by atoms with Crippen LogP contribution in [0.4, 0.5) is 0 Å². The molecule has 0 bridgehead atoms. The van der Waals surface area contributed by atoms with E-state index in [2.05, 4.69) is 4.43 Å². The van der Waals surface area contributed by atoms with E-state index in [9.17, 15) is 4.80 Å². The van der Waals surface area contributed by atoms with Crippen molar-refractivity contribution in [2.75, 3.05) is 7.11 Å². The zero-order valence-electron chi connectivity index (χ0n) is 3.76. The minimum absolute atomic E-state index is 1.16. The van der Waals surface area contributed by atoms with E-state index < -0.39 is 8.80 Å². The molecule has 0 aliphatic rings. The first-order valence-corrected chi connectivity index (χ1v) is 3.80. The minimum Gasteiger partial charge on any atom is -0.389 e. The van der Waals surface area contributed by atoms with Crippen LogP contribution >= 0.6 is 0 Å². The first-order valence-electron chi connectivity index (χ1n) is 1.54. The van der Waals surface area contributed by atoms with Crippen molar-refractivity contribution in [3.8, 4) is 0 Å². The third kappa shape index (κ3) is 4.10. The molecular formula is C2H7O3Si. The van der Waals surface area contributed by atoms with E-state index in [1.165, 1.54) is 7.11 Å². The van der Waals surface area contributed by atoms with E-state index in [0.29, 0.717) is 0 Å². The minimum atomic E-state index is -3.38. The summed E-state index contributed by atoms with van der Waals surface area (Å²) in [4.78, 5) is 18.1. The van der Waals surface area contributed by atoms with Crippen LogP contribution < -0.4 is 0 Å². The molecule has 3 nitrogen and oxygen atoms in total. The second kappa shape index (κ2) is 1.70. The van der Waals surface area contributed by atoms with E-state index in [1.807, 2.05) is 0 Å². The third-order valence-corrected chi connectivity index (χ3v) is 1.14. The quantitative estimate of drug-likeness (QED) is 0.464. The normalized spacial score (nSPS) is 12.0. The fraction of sp³-hybridized carbons (Fsp3) is 1.00. The maximum atomic E-state index is 9.94. The van der Waals surface area contributed by atoms with Crippen LogP contribution in [0.2, 0.25) is 6.55 Å². The molecule has 0 amide bonds. The summed E-state index contributed by atoms with van der Waals surface area (Å²) in [5.74, 6) is 0. The topological polar surface area (TPSA) is 49.4 Å². The highest BCUT2D eigenvalue weighted by Gasteiger charge is 2.23. The maximum Gasteiger partial charge on any atom is 0.522 e. The zero-order chi connectivity index (χ0) is 5.21. The van der Waals surface area contributed by atoms with E-state index in [0.717, 1.165) is 6.55 Å². The second-order valence-electron chi connectivity index (χ2n) is 1.10. The van der Waals surface area contributed by atoms with Gasteiger partial charge in [0.1, 0.15) is 0 Å². The summed E-state index contributed by atoms with van der Waals surface area (Å²) in [5, 5.41) is 0. The molecule has 4 heteroatoms. The van der Waals surface area contributed by atoms with Crippen LogP contribution in [0, 0.1) is 0 Å². The van der Waals surface area contributed by atoms with E-state index in [4.69, 9.17) is 4.80 Å². The van der Waals surface area contributed by atoms with Gasteiger partial charge in [-0.3, -0.25) is 0 Å². The molecular weight excluding hydrogens is 100 g/mol. The third-order valence-electron chi connectivity index (χ3n) is 0.379. The van der Waals surface area contributed by atoms with Crippen LogP contribution in [0.15, 0.2) is 0 Å². The number of hydrogen-bond donors (Lipinski definition) is 1. The lowest BCUT2D eigenvalue weighted by molar-refractivity contribution is 0.156. The summed E-state index contributed by atoms with van der Waals surface area (Å²) in [6, 6.07) is 0. The van der Waals surface area contributed by atoms with Crippen LogP contribution in [0.3, 0.4) is 0 Å². The van der Waals surface area contributed by atoms with Gasteiger partial charge in [-0.2, -0.15) is 0 Å². The molecule has 1 N–H and O–H groups in total. The summed E-state index contributed by atoms with van der Waals surface area (Å²) in [6.07, 6.45) is 0. The van der Waals surface area contributed by atoms with Gasteiger partial charge in [0.2, 0.25) is 0 Å². The van der Waals surface area contributed by atoms with Crippen molar-refractivity contribution >= 4 is 8.80 Å². The van der Waals surface area contributed by atoms with Gasteiger partial charge in [0.25, 0.3) is 0 Å². The first-order chi connectivity index (χ1) is 2.56. The molecule has 1 unspecified atom stereocenters. The predicted molar refractivity (Wildman–Crippen MR) is 21.5 cm³/mol. The van der Waals surface area contributed by atoms with Gasteiger partial charge in [0, 0.05) is 13.7 Å². The molecule has 0 aromatic heterocycles. The standard InChI is InChI=1S/C2H7O3Si/c1-5-6(2,3)4/h3H,1-2H3. The van der Waals surface area contributed by atoms with Crippen molar-refractivity contribution in [1.82, 2.24) is 0 Å². The molecule has 0 aromatic carbocycles. The van der Waals surface area contributed by atoms with E-state index in [-0.39, 0.29) is 0 Å². The summed E-state index contributed by atoms with van der Waals surface area (Å²) in [7, 11) is -2.17. The highest BCUT2D eigenvalue weighted by atomic mass is 28.4. The number of hydrogen-bond acceptors (Lipinski definition) is 2. The smallest absolute Gasteiger partial charge is 0.389 e. The summed E-state index contributed by atoms with van der Waals surface area (Å²) >= 11 is 0. The fourth-order valence-electron chi connectivity index (χ4n) is 0. The molecule has 0 aromatic rings. The molecule has 0 aliphatic carbocycles. The summed E-state index contributed by atoms with van der Waals surface area (Å²) in [5.41, 5.74) is 0. The average Bonchev–Trinajstić information content (AvgIpc) is 1.35. The van der Waals surface area contributed by atoms with Crippen molar-refractivity contribution in [3.63, 3.8) is 0 Å². The second-order valence-corrected chi connectivity index (χ2v) is 3.31. The van der Waals surface area contributed by atoms with Gasteiger partial charge in [-0.15, -0.1) is 0 Å². The lowest BCUT2D eigenvalue weighted by atomic mass is 11.8. The van der Waals surface area contributed by atoms with Crippen molar-refractivity contribution in [2.45, 2.75) is 6.55 Å². The average molecular weight is 107 g/mol. The molecule has 0 heterocycles. The Balaban J connectivity index is 3.17. The largest absolute Gasteiger partial charge is 0.522 e. The predicted octanol–water partition coefficient (Wildman–Crippen LogP) is -0.376. The van der Waals surface area contributed by atoms with E-state index >= 15 is 0 Å². The molecule has 1 radical (unpaired) electrons. The zero-order valence-corrected chi connectivity index (χ0v) is 4.76. The summed E-state index contributed by atoms with van der Waals surface area (Å²) < 4.78 is 4.08. The molecule has 0 spiro atoms. The lowest BCUT2D eigenvalue weighted by Gasteiger charge is -2.01. The van der Waals surface area contributed by atoms with Crippen LogP contribution in [-0.4, -0.2) is 20.7 Å². The van der Waals surface area contributed by atoms with Crippen molar-refractivity contribution in [2.24, 2.45) is 0 Å². The molecule has 0 aliphatic heterocycles. The van der Waals surface area contributed by atoms with Crippen LogP contribution in [0.1, 0.15) is 0 Å². The lowest BCUT2D eigenvalue weighted by Crippen LogP contribution is -2.30. The van der Waals surface area contributed by atoms with Crippen LogP contribution in [-0.2, 0) is 9.22 Å².